The van der Waals surface area contributed by atoms with Crippen LogP contribution in [0.2, 0.25) is 0 Å². The Kier molecular flexibility index (Phi) is 3.28. The molecule has 102 valence electrons. The van der Waals surface area contributed by atoms with E-state index in [0.29, 0.717) is 12.4 Å². The molecular weight excluding hydrogens is 244 g/mol. The van der Waals surface area contributed by atoms with Crippen molar-refractivity contribution in [3.8, 4) is 0 Å². The highest BCUT2D eigenvalue weighted by Gasteiger charge is 2.42. The minimum absolute atomic E-state index is 0.120. The van der Waals surface area contributed by atoms with Gasteiger partial charge < -0.3 is 10.6 Å². The third kappa shape index (κ3) is 2.31. The zero-order valence-corrected chi connectivity index (χ0v) is 11.4. The molecule has 0 aromatic carbocycles. The lowest BCUT2D eigenvalue weighted by molar-refractivity contribution is -0.135. The van der Waals surface area contributed by atoms with Gasteiger partial charge >= 0.3 is 0 Å². The maximum Gasteiger partial charge on any atom is 0.251 e. The van der Waals surface area contributed by atoms with E-state index in [1.165, 1.54) is 0 Å². The van der Waals surface area contributed by atoms with E-state index in [1.807, 2.05) is 13.0 Å². The number of aromatic nitrogens is 1. The summed E-state index contributed by atoms with van der Waals surface area (Å²) in [7, 11) is 0. The third-order valence-corrected chi connectivity index (χ3v) is 3.38. The molecular formula is C13H18N4O2. The van der Waals surface area contributed by atoms with Gasteiger partial charge in [-0.15, -0.1) is 0 Å². The quantitative estimate of drug-likeness (QED) is 0.737. The SMILES string of the molecule is Cc1cc(CN)cnc1N1CC(=O)NC(=O)C1(C)C. The van der Waals surface area contributed by atoms with Crippen molar-refractivity contribution in [3.63, 3.8) is 0 Å². The van der Waals surface area contributed by atoms with Crippen LogP contribution in [0.15, 0.2) is 12.3 Å². The lowest BCUT2D eigenvalue weighted by atomic mass is 9.98. The molecule has 0 saturated carbocycles. The lowest BCUT2D eigenvalue weighted by Crippen LogP contribution is -2.64. The first-order chi connectivity index (χ1) is 8.86. The van der Waals surface area contributed by atoms with Gasteiger partial charge in [-0.05, 0) is 38.0 Å². The van der Waals surface area contributed by atoms with Crippen molar-refractivity contribution in [2.24, 2.45) is 5.73 Å². The van der Waals surface area contributed by atoms with Crippen molar-refractivity contribution in [1.29, 1.82) is 0 Å². The van der Waals surface area contributed by atoms with E-state index in [0.717, 1.165) is 11.1 Å². The molecule has 19 heavy (non-hydrogen) atoms. The van der Waals surface area contributed by atoms with Gasteiger partial charge in [0.05, 0.1) is 6.54 Å². The Bertz CT molecular complexity index is 539. The van der Waals surface area contributed by atoms with Gasteiger partial charge in [-0.2, -0.15) is 0 Å². The Labute approximate surface area is 112 Å². The summed E-state index contributed by atoms with van der Waals surface area (Å²) in [6.45, 7) is 5.97. The van der Waals surface area contributed by atoms with Crippen LogP contribution in [0.1, 0.15) is 25.0 Å². The lowest BCUT2D eigenvalue weighted by Gasteiger charge is -2.41. The van der Waals surface area contributed by atoms with E-state index >= 15 is 0 Å². The molecule has 2 heterocycles. The summed E-state index contributed by atoms with van der Waals surface area (Å²) in [5.41, 5.74) is 6.59. The number of nitrogens with two attached hydrogens (primary N) is 1. The molecule has 6 heteroatoms. The third-order valence-electron chi connectivity index (χ3n) is 3.38. The van der Waals surface area contributed by atoms with Gasteiger partial charge in [-0.25, -0.2) is 4.98 Å². The molecule has 1 aromatic heterocycles. The highest BCUT2D eigenvalue weighted by atomic mass is 16.2. The molecule has 0 unspecified atom stereocenters. The number of rotatable bonds is 2. The van der Waals surface area contributed by atoms with Crippen molar-refractivity contribution in [2.75, 3.05) is 11.4 Å². The van der Waals surface area contributed by atoms with E-state index in [9.17, 15) is 9.59 Å². The van der Waals surface area contributed by atoms with E-state index in [2.05, 4.69) is 10.3 Å². The molecule has 3 N–H and O–H groups in total. The number of carbonyl (C=O) groups is 2. The van der Waals surface area contributed by atoms with Gasteiger partial charge in [-0.1, -0.05) is 0 Å². The van der Waals surface area contributed by atoms with Crippen molar-refractivity contribution >= 4 is 17.6 Å². The van der Waals surface area contributed by atoms with Crippen LogP contribution < -0.4 is 16.0 Å². The van der Waals surface area contributed by atoms with Gasteiger partial charge in [0.1, 0.15) is 11.4 Å². The molecule has 2 amide bonds. The van der Waals surface area contributed by atoms with Crippen molar-refractivity contribution in [1.82, 2.24) is 10.3 Å². The van der Waals surface area contributed by atoms with Gasteiger partial charge in [-0.3, -0.25) is 14.9 Å². The number of amides is 2. The summed E-state index contributed by atoms with van der Waals surface area (Å²) in [6.07, 6.45) is 1.68. The fourth-order valence-corrected chi connectivity index (χ4v) is 2.14. The predicted molar refractivity (Wildman–Crippen MR) is 71.4 cm³/mol. The topological polar surface area (TPSA) is 88.3 Å². The first-order valence-electron chi connectivity index (χ1n) is 6.13. The molecule has 0 atom stereocenters. The number of aryl methyl sites for hydroxylation is 1. The van der Waals surface area contributed by atoms with Crippen LogP contribution in [0.25, 0.3) is 0 Å². The summed E-state index contributed by atoms with van der Waals surface area (Å²) in [5.74, 6) is 0.0201. The molecule has 0 radical (unpaired) electrons. The van der Waals surface area contributed by atoms with Gasteiger partial charge in [0.25, 0.3) is 5.91 Å². The second-order valence-electron chi connectivity index (χ2n) is 5.21. The molecule has 1 saturated heterocycles. The Balaban J connectivity index is 2.44. The maximum absolute atomic E-state index is 11.9. The molecule has 0 aliphatic carbocycles. The van der Waals surface area contributed by atoms with Crippen LogP contribution in [-0.4, -0.2) is 28.9 Å². The predicted octanol–water partition coefficient (Wildman–Crippen LogP) is 0.0901. The monoisotopic (exact) mass is 262 g/mol. The number of hydrogen-bond acceptors (Lipinski definition) is 5. The van der Waals surface area contributed by atoms with Crippen LogP contribution in [0.4, 0.5) is 5.82 Å². The molecule has 1 aliphatic heterocycles. The summed E-state index contributed by atoms with van der Waals surface area (Å²) < 4.78 is 0. The Morgan fingerprint density at radius 3 is 2.74 bits per heavy atom. The highest BCUT2D eigenvalue weighted by molar-refractivity contribution is 6.06. The van der Waals surface area contributed by atoms with Gasteiger partial charge in [0.15, 0.2) is 0 Å². The van der Waals surface area contributed by atoms with Crippen LogP contribution in [0.5, 0.6) is 0 Å². The number of imide groups is 1. The molecule has 2 rings (SSSR count). The first kappa shape index (κ1) is 13.5. The van der Waals surface area contributed by atoms with Crippen LogP contribution in [0, 0.1) is 6.92 Å². The summed E-state index contributed by atoms with van der Waals surface area (Å²) in [4.78, 5) is 29.6. The fourth-order valence-electron chi connectivity index (χ4n) is 2.14. The van der Waals surface area contributed by atoms with E-state index in [-0.39, 0.29) is 18.4 Å². The Morgan fingerprint density at radius 2 is 2.16 bits per heavy atom. The summed E-state index contributed by atoms with van der Waals surface area (Å²) >= 11 is 0. The zero-order chi connectivity index (χ0) is 14.2. The molecule has 0 spiro atoms. The van der Waals surface area contributed by atoms with Crippen LogP contribution in [-0.2, 0) is 16.1 Å². The van der Waals surface area contributed by atoms with Crippen molar-refractivity contribution < 1.29 is 9.59 Å². The standard InChI is InChI=1S/C13H18N4O2/c1-8-4-9(5-14)6-15-11(8)17-7-10(18)16-12(19)13(17,2)3/h4,6H,5,7,14H2,1-3H3,(H,16,18,19). The minimum atomic E-state index is -0.810. The highest BCUT2D eigenvalue weighted by Crippen LogP contribution is 2.27. The van der Waals surface area contributed by atoms with Crippen LogP contribution in [0.3, 0.4) is 0 Å². The summed E-state index contributed by atoms with van der Waals surface area (Å²) in [5, 5.41) is 2.34. The maximum atomic E-state index is 11.9. The molecule has 0 bridgehead atoms. The number of hydrogen-bond donors (Lipinski definition) is 2. The Morgan fingerprint density at radius 1 is 1.47 bits per heavy atom. The Hall–Kier alpha value is -1.95. The number of nitrogens with zero attached hydrogens (tertiary/aromatic N) is 2. The van der Waals surface area contributed by atoms with E-state index in [4.69, 9.17) is 5.73 Å². The van der Waals surface area contributed by atoms with Crippen LogP contribution >= 0.6 is 0 Å². The van der Waals surface area contributed by atoms with E-state index in [1.54, 1.807) is 24.9 Å². The number of pyridine rings is 1. The van der Waals surface area contributed by atoms with Crippen molar-refractivity contribution in [2.45, 2.75) is 32.9 Å². The van der Waals surface area contributed by atoms with Gasteiger partial charge in [0, 0.05) is 12.7 Å². The largest absolute Gasteiger partial charge is 0.333 e. The second kappa shape index (κ2) is 4.62. The molecule has 6 nitrogen and oxygen atoms in total. The summed E-state index contributed by atoms with van der Waals surface area (Å²) in [6, 6.07) is 1.93. The average Bonchev–Trinajstić information content (AvgIpc) is 2.34. The second-order valence-corrected chi connectivity index (χ2v) is 5.21. The fraction of sp³-hybridized carbons (Fsp3) is 0.462. The minimum Gasteiger partial charge on any atom is -0.333 e. The van der Waals surface area contributed by atoms with Crippen molar-refractivity contribution in [3.05, 3.63) is 23.4 Å². The van der Waals surface area contributed by atoms with Gasteiger partial charge in [0.2, 0.25) is 5.91 Å². The molecule has 1 aromatic rings. The van der Waals surface area contributed by atoms with E-state index < -0.39 is 5.54 Å². The number of anilines is 1. The first-order valence-corrected chi connectivity index (χ1v) is 6.13. The normalized spacial score (nSPS) is 18.4. The average molecular weight is 262 g/mol. The smallest absolute Gasteiger partial charge is 0.251 e. The molecule has 1 aliphatic rings. The number of carbonyl (C=O) groups excluding carboxylic acids is 2. The number of piperazine rings is 1. The zero-order valence-electron chi connectivity index (χ0n) is 11.4. The molecule has 1 fully saturated rings. The number of nitrogens with one attached hydrogen (secondary N) is 1.